The van der Waals surface area contributed by atoms with Crippen LogP contribution in [-0.2, 0) is 9.59 Å². The van der Waals surface area contributed by atoms with Gasteiger partial charge in [0, 0.05) is 13.0 Å². The molecule has 3 heteroatoms. The van der Waals surface area contributed by atoms with Crippen LogP contribution in [0, 0.1) is 5.92 Å². The Kier molecular flexibility index (Phi) is 3.69. The summed E-state index contributed by atoms with van der Waals surface area (Å²) in [7, 11) is 1.52. The minimum Gasteiger partial charge on any atom is -0.359 e. The highest BCUT2D eigenvalue weighted by molar-refractivity contribution is 5.98. The van der Waals surface area contributed by atoms with Gasteiger partial charge in [-0.2, -0.15) is 0 Å². The Morgan fingerprint density at radius 1 is 1.40 bits per heavy atom. The minimum atomic E-state index is -0.210. The molecule has 1 amide bonds. The molecule has 0 atom stereocenters. The average molecular weight is 143 g/mol. The monoisotopic (exact) mass is 143 g/mol. The fourth-order valence-corrected chi connectivity index (χ4v) is 0.451. The van der Waals surface area contributed by atoms with Crippen LogP contribution in [-0.4, -0.2) is 18.7 Å². The quantitative estimate of drug-likeness (QED) is 0.579. The summed E-state index contributed by atoms with van der Waals surface area (Å²) in [5.74, 6) is -0.268. The van der Waals surface area contributed by atoms with Gasteiger partial charge in [-0.25, -0.2) is 0 Å². The molecule has 0 aliphatic carbocycles. The molecule has 10 heavy (non-hydrogen) atoms. The van der Waals surface area contributed by atoms with Gasteiger partial charge in [-0.05, 0) is 0 Å². The third kappa shape index (κ3) is 3.22. The summed E-state index contributed by atoms with van der Waals surface area (Å²) < 4.78 is 0. The Bertz CT molecular complexity index is 141. The molecule has 0 unspecified atom stereocenters. The van der Waals surface area contributed by atoms with E-state index in [4.69, 9.17) is 0 Å². The van der Waals surface area contributed by atoms with Crippen molar-refractivity contribution in [2.45, 2.75) is 20.3 Å². The summed E-state index contributed by atoms with van der Waals surface area (Å²) in [6.07, 6.45) is 0.00810. The summed E-state index contributed by atoms with van der Waals surface area (Å²) in [6.45, 7) is 3.57. The van der Waals surface area contributed by atoms with Gasteiger partial charge < -0.3 is 5.32 Å². The molecular weight excluding hydrogens is 130 g/mol. The first kappa shape index (κ1) is 9.14. The zero-order valence-electron chi connectivity index (χ0n) is 6.60. The lowest BCUT2D eigenvalue weighted by Crippen LogP contribution is -2.23. The van der Waals surface area contributed by atoms with Crippen molar-refractivity contribution >= 4 is 11.7 Å². The van der Waals surface area contributed by atoms with Crippen LogP contribution in [0.1, 0.15) is 20.3 Å². The second-order valence-electron chi connectivity index (χ2n) is 2.47. The van der Waals surface area contributed by atoms with Gasteiger partial charge in [-0.3, -0.25) is 9.59 Å². The van der Waals surface area contributed by atoms with E-state index < -0.39 is 0 Å². The van der Waals surface area contributed by atoms with E-state index in [2.05, 4.69) is 5.32 Å². The largest absolute Gasteiger partial charge is 0.359 e. The Morgan fingerprint density at radius 3 is 2.20 bits per heavy atom. The molecule has 0 radical (unpaired) electrons. The van der Waals surface area contributed by atoms with Crippen LogP contribution in [0.2, 0.25) is 0 Å². The molecule has 1 N–H and O–H groups in total. The first-order valence-electron chi connectivity index (χ1n) is 3.31. The standard InChI is InChI=1S/C7H13NO2/c1-5(2)6(9)4-7(10)8-3/h5H,4H2,1-3H3,(H,8,10). The van der Waals surface area contributed by atoms with E-state index in [0.29, 0.717) is 0 Å². The normalized spacial score (nSPS) is 9.60. The van der Waals surface area contributed by atoms with E-state index in [9.17, 15) is 9.59 Å². The summed E-state index contributed by atoms with van der Waals surface area (Å²) in [5, 5.41) is 2.39. The molecule has 0 spiro atoms. The molecule has 0 heterocycles. The molecule has 0 aliphatic rings. The molecule has 3 nitrogen and oxygen atoms in total. The second-order valence-corrected chi connectivity index (χ2v) is 2.47. The molecule has 0 rings (SSSR count). The van der Waals surface area contributed by atoms with Crippen molar-refractivity contribution < 1.29 is 9.59 Å². The van der Waals surface area contributed by atoms with E-state index >= 15 is 0 Å². The van der Waals surface area contributed by atoms with Gasteiger partial charge in [0.1, 0.15) is 5.78 Å². The summed E-state index contributed by atoms with van der Waals surface area (Å²) in [6, 6.07) is 0. The molecule has 0 saturated heterocycles. The number of ketones is 1. The van der Waals surface area contributed by atoms with Gasteiger partial charge in [-0.15, -0.1) is 0 Å². The topological polar surface area (TPSA) is 46.2 Å². The molecule has 0 aromatic carbocycles. The third-order valence-electron chi connectivity index (χ3n) is 1.26. The fourth-order valence-electron chi connectivity index (χ4n) is 0.451. The lowest BCUT2D eigenvalue weighted by Gasteiger charge is -2.01. The van der Waals surface area contributed by atoms with E-state index in [1.54, 1.807) is 13.8 Å². The maximum absolute atomic E-state index is 10.9. The van der Waals surface area contributed by atoms with E-state index in [-0.39, 0.29) is 24.0 Å². The van der Waals surface area contributed by atoms with Crippen LogP contribution in [0.4, 0.5) is 0 Å². The van der Waals surface area contributed by atoms with Crippen LogP contribution in [0.25, 0.3) is 0 Å². The fraction of sp³-hybridized carbons (Fsp3) is 0.714. The highest BCUT2D eigenvalue weighted by Crippen LogP contribution is 1.97. The first-order chi connectivity index (χ1) is 4.57. The second kappa shape index (κ2) is 4.04. The smallest absolute Gasteiger partial charge is 0.227 e. The summed E-state index contributed by atoms with van der Waals surface area (Å²) in [5.41, 5.74) is 0. The van der Waals surface area contributed by atoms with Crippen molar-refractivity contribution in [2.75, 3.05) is 7.05 Å². The lowest BCUT2D eigenvalue weighted by molar-refractivity contribution is -0.129. The summed E-state index contributed by atoms with van der Waals surface area (Å²) >= 11 is 0. The zero-order valence-corrected chi connectivity index (χ0v) is 6.60. The number of carbonyl (C=O) groups is 2. The molecular formula is C7H13NO2. The SMILES string of the molecule is CNC(=O)CC(=O)C(C)C. The van der Waals surface area contributed by atoms with Gasteiger partial charge in [0.2, 0.25) is 5.91 Å². The van der Waals surface area contributed by atoms with Gasteiger partial charge >= 0.3 is 0 Å². The van der Waals surface area contributed by atoms with E-state index in [1.807, 2.05) is 0 Å². The van der Waals surface area contributed by atoms with Crippen LogP contribution in [0.15, 0.2) is 0 Å². The van der Waals surface area contributed by atoms with Crippen molar-refractivity contribution in [3.63, 3.8) is 0 Å². The number of rotatable bonds is 3. The van der Waals surface area contributed by atoms with Crippen LogP contribution >= 0.6 is 0 Å². The van der Waals surface area contributed by atoms with Crippen LogP contribution in [0.3, 0.4) is 0 Å². The van der Waals surface area contributed by atoms with Gasteiger partial charge in [-0.1, -0.05) is 13.8 Å². The average Bonchev–Trinajstić information content (AvgIpc) is 1.87. The molecule has 0 aromatic rings. The maximum atomic E-state index is 10.9. The molecule has 0 fully saturated rings. The van der Waals surface area contributed by atoms with Gasteiger partial charge in [0.25, 0.3) is 0 Å². The van der Waals surface area contributed by atoms with Gasteiger partial charge in [0.15, 0.2) is 0 Å². The molecule has 0 bridgehead atoms. The van der Waals surface area contributed by atoms with Crippen LogP contribution < -0.4 is 5.32 Å². The Morgan fingerprint density at radius 2 is 1.90 bits per heavy atom. The predicted octanol–water partition coefficient (Wildman–Crippen LogP) is 0.348. The number of carbonyl (C=O) groups excluding carboxylic acids is 2. The molecule has 58 valence electrons. The van der Waals surface area contributed by atoms with Crippen molar-refractivity contribution in [1.29, 1.82) is 0 Å². The van der Waals surface area contributed by atoms with E-state index in [0.717, 1.165) is 0 Å². The Balaban J connectivity index is 3.69. The number of hydrogen-bond acceptors (Lipinski definition) is 2. The van der Waals surface area contributed by atoms with Gasteiger partial charge in [0.05, 0.1) is 6.42 Å². The predicted molar refractivity (Wildman–Crippen MR) is 38.5 cm³/mol. The van der Waals surface area contributed by atoms with Crippen molar-refractivity contribution in [3.8, 4) is 0 Å². The highest BCUT2D eigenvalue weighted by atomic mass is 16.2. The molecule has 0 aromatic heterocycles. The number of nitrogens with one attached hydrogen (secondary N) is 1. The minimum absolute atomic E-state index is 0.00810. The highest BCUT2D eigenvalue weighted by Gasteiger charge is 2.10. The maximum Gasteiger partial charge on any atom is 0.227 e. The lowest BCUT2D eigenvalue weighted by atomic mass is 10.1. The Labute approximate surface area is 60.8 Å². The van der Waals surface area contributed by atoms with Crippen molar-refractivity contribution in [1.82, 2.24) is 5.32 Å². The number of amides is 1. The molecule has 0 saturated carbocycles. The zero-order chi connectivity index (χ0) is 8.15. The third-order valence-corrected chi connectivity index (χ3v) is 1.26. The summed E-state index contributed by atoms with van der Waals surface area (Å²) in [4.78, 5) is 21.4. The van der Waals surface area contributed by atoms with E-state index in [1.165, 1.54) is 7.05 Å². The van der Waals surface area contributed by atoms with Crippen LogP contribution in [0.5, 0.6) is 0 Å². The van der Waals surface area contributed by atoms with Crippen molar-refractivity contribution in [2.24, 2.45) is 5.92 Å². The number of hydrogen-bond donors (Lipinski definition) is 1. The number of Topliss-reactive ketones (excluding diaryl/α,β-unsaturated/α-hetero) is 1. The first-order valence-corrected chi connectivity index (χ1v) is 3.31. The van der Waals surface area contributed by atoms with Crippen molar-refractivity contribution in [3.05, 3.63) is 0 Å². The Hall–Kier alpha value is -0.860. The molecule has 0 aliphatic heterocycles.